The minimum absolute atomic E-state index is 0.127. The molecule has 168 valence electrons. The molecule has 2 aromatic heterocycles. The molecule has 0 bridgehead atoms. The average molecular weight is 475 g/mol. The molecule has 2 heterocycles. The van der Waals surface area contributed by atoms with Crippen LogP contribution < -0.4 is 15.6 Å². The van der Waals surface area contributed by atoms with E-state index in [9.17, 15) is 19.2 Å². The largest absolute Gasteiger partial charge is 0.438 e. The summed E-state index contributed by atoms with van der Waals surface area (Å²) in [5.74, 6) is -1.14. The van der Waals surface area contributed by atoms with E-state index in [1.807, 2.05) is 0 Å². The van der Waals surface area contributed by atoms with Crippen molar-refractivity contribution in [3.05, 3.63) is 105 Å². The monoisotopic (exact) mass is 474 g/mol. The van der Waals surface area contributed by atoms with Gasteiger partial charge in [0.25, 0.3) is 11.5 Å². The summed E-state index contributed by atoms with van der Waals surface area (Å²) in [7, 11) is 0. The molecule has 0 saturated heterocycles. The Morgan fingerprint density at radius 3 is 2.62 bits per heavy atom. The fraction of sp³-hybridized carbons (Fsp3) is 0.0400. The maximum Gasteiger partial charge on any atom is 0.269 e. The summed E-state index contributed by atoms with van der Waals surface area (Å²) in [6, 6.07) is 16.9. The zero-order valence-corrected chi connectivity index (χ0v) is 18.5. The molecule has 0 radical (unpaired) electrons. The average Bonchev–Trinajstić information content (AvgIpc) is 2.82. The highest BCUT2D eigenvalue weighted by molar-refractivity contribution is 6.34. The van der Waals surface area contributed by atoms with E-state index < -0.39 is 17.3 Å². The zero-order valence-electron chi connectivity index (χ0n) is 17.8. The third-order valence-corrected chi connectivity index (χ3v) is 5.18. The molecule has 1 amide bonds. The number of pyridine rings is 1. The van der Waals surface area contributed by atoms with E-state index in [4.69, 9.17) is 16.3 Å². The maximum absolute atomic E-state index is 13.3. The van der Waals surface area contributed by atoms with Gasteiger partial charge in [0.2, 0.25) is 5.88 Å². The van der Waals surface area contributed by atoms with Crippen LogP contribution in [0.15, 0.2) is 77.2 Å². The highest BCUT2D eigenvalue weighted by Gasteiger charge is 2.18. The number of nitrogens with zero attached hydrogens (tertiary/aromatic N) is 3. The summed E-state index contributed by atoms with van der Waals surface area (Å²) < 4.78 is 20.4. The number of para-hydroxylation sites is 1. The van der Waals surface area contributed by atoms with Gasteiger partial charge >= 0.3 is 0 Å². The summed E-state index contributed by atoms with van der Waals surface area (Å²) in [6.07, 6.45) is 2.63. The summed E-state index contributed by atoms with van der Waals surface area (Å²) in [4.78, 5) is 30.5. The Balaban J connectivity index is 1.84. The quantitative estimate of drug-likeness (QED) is 0.319. The number of amides is 1. The minimum Gasteiger partial charge on any atom is -0.438 e. The highest BCUT2D eigenvalue weighted by Crippen LogP contribution is 2.26. The third-order valence-electron chi connectivity index (χ3n) is 4.85. The molecule has 0 saturated carbocycles. The SMILES string of the molecule is Cc1cccn2c(=O)c(/C=C(/C#N)C(=O)Nc3ccccc3Cl)c(Oc3ccc(F)cc3)nc12. The second-order valence-electron chi connectivity index (χ2n) is 7.18. The van der Waals surface area contributed by atoms with Crippen molar-refractivity contribution in [3.63, 3.8) is 0 Å². The second-order valence-corrected chi connectivity index (χ2v) is 7.59. The number of aromatic nitrogens is 2. The van der Waals surface area contributed by atoms with Gasteiger partial charge in [0, 0.05) is 6.20 Å². The van der Waals surface area contributed by atoms with E-state index in [1.165, 1.54) is 34.9 Å². The molecule has 0 aliphatic carbocycles. The van der Waals surface area contributed by atoms with Crippen molar-refractivity contribution < 1.29 is 13.9 Å². The van der Waals surface area contributed by atoms with Crippen LogP contribution >= 0.6 is 11.6 Å². The molecule has 4 aromatic rings. The molecule has 2 aromatic carbocycles. The standard InChI is InChI=1S/C25H16ClFN4O3/c1-15-5-4-12-31-22(15)30-24(34-18-10-8-17(27)9-11-18)19(25(31)33)13-16(14-28)23(32)29-21-7-3-2-6-20(21)26/h2-13H,1H3,(H,29,32)/b16-13-. The lowest BCUT2D eigenvalue weighted by atomic mass is 10.1. The number of fused-ring (bicyclic) bond motifs is 1. The van der Waals surface area contributed by atoms with Gasteiger partial charge < -0.3 is 10.1 Å². The highest BCUT2D eigenvalue weighted by atomic mass is 35.5. The number of nitrogens with one attached hydrogen (secondary N) is 1. The molecular weight excluding hydrogens is 459 g/mol. The van der Waals surface area contributed by atoms with Crippen molar-refractivity contribution in [2.75, 3.05) is 5.32 Å². The van der Waals surface area contributed by atoms with Gasteiger partial charge in [-0.15, -0.1) is 0 Å². The van der Waals surface area contributed by atoms with Crippen molar-refractivity contribution in [2.45, 2.75) is 6.92 Å². The first-order valence-corrected chi connectivity index (χ1v) is 10.4. The second kappa shape index (κ2) is 9.57. The molecule has 0 atom stereocenters. The Morgan fingerprint density at radius 2 is 1.91 bits per heavy atom. The fourth-order valence-corrected chi connectivity index (χ4v) is 3.34. The summed E-state index contributed by atoms with van der Waals surface area (Å²) in [6.45, 7) is 1.77. The predicted octanol–water partition coefficient (Wildman–Crippen LogP) is 5.13. The van der Waals surface area contributed by atoms with Gasteiger partial charge in [-0.3, -0.25) is 14.0 Å². The van der Waals surface area contributed by atoms with E-state index in [0.29, 0.717) is 16.9 Å². The molecule has 4 rings (SSSR count). The lowest BCUT2D eigenvalue weighted by molar-refractivity contribution is -0.112. The van der Waals surface area contributed by atoms with Crippen molar-refractivity contribution in [2.24, 2.45) is 0 Å². The molecule has 9 heteroatoms. The number of anilines is 1. The number of benzene rings is 2. The van der Waals surface area contributed by atoms with Gasteiger partial charge in [-0.05, 0) is 61.0 Å². The van der Waals surface area contributed by atoms with Crippen molar-refractivity contribution in [3.8, 4) is 17.7 Å². The number of carbonyl (C=O) groups excluding carboxylic acids is 1. The predicted molar refractivity (Wildman–Crippen MR) is 126 cm³/mol. The van der Waals surface area contributed by atoms with Crippen LogP contribution in [0.5, 0.6) is 11.6 Å². The molecule has 0 spiro atoms. The van der Waals surface area contributed by atoms with E-state index in [1.54, 1.807) is 49.4 Å². The number of rotatable bonds is 5. The van der Waals surface area contributed by atoms with E-state index in [2.05, 4.69) is 10.3 Å². The lowest BCUT2D eigenvalue weighted by Crippen LogP contribution is -2.20. The molecule has 0 aliphatic rings. The third kappa shape index (κ3) is 4.65. The maximum atomic E-state index is 13.3. The van der Waals surface area contributed by atoms with Crippen LogP contribution in [0.3, 0.4) is 0 Å². The van der Waals surface area contributed by atoms with Crippen LogP contribution in [0.25, 0.3) is 11.7 Å². The number of halogens is 2. The van der Waals surface area contributed by atoms with Crippen LogP contribution in [0.4, 0.5) is 10.1 Å². The molecule has 0 unspecified atom stereocenters. The molecule has 0 aliphatic heterocycles. The van der Waals surface area contributed by atoms with Crippen molar-refractivity contribution >= 4 is 34.9 Å². The molecular formula is C25H16ClFN4O3. The van der Waals surface area contributed by atoms with Gasteiger partial charge in [-0.2, -0.15) is 10.2 Å². The number of carbonyl (C=O) groups is 1. The lowest BCUT2D eigenvalue weighted by Gasteiger charge is -2.12. The van der Waals surface area contributed by atoms with Crippen LogP contribution in [-0.4, -0.2) is 15.3 Å². The number of ether oxygens (including phenoxy) is 1. The first kappa shape index (κ1) is 22.7. The number of nitriles is 1. The van der Waals surface area contributed by atoms with Crippen LogP contribution in [0, 0.1) is 24.1 Å². The normalized spacial score (nSPS) is 11.2. The van der Waals surface area contributed by atoms with Crippen LogP contribution in [0.1, 0.15) is 11.1 Å². The molecule has 1 N–H and O–H groups in total. The first-order valence-electron chi connectivity index (χ1n) is 10.0. The number of hydrogen-bond donors (Lipinski definition) is 1. The topological polar surface area (TPSA) is 96.5 Å². The van der Waals surface area contributed by atoms with Gasteiger partial charge in [0.05, 0.1) is 10.7 Å². The van der Waals surface area contributed by atoms with Gasteiger partial charge in [0.15, 0.2) is 0 Å². The molecule has 34 heavy (non-hydrogen) atoms. The Kier molecular flexibility index (Phi) is 6.39. The Labute approximate surface area is 198 Å². The molecule has 0 fully saturated rings. The van der Waals surface area contributed by atoms with Crippen LogP contribution in [0.2, 0.25) is 5.02 Å². The van der Waals surface area contributed by atoms with E-state index in [0.717, 1.165) is 6.08 Å². The number of hydrogen-bond acceptors (Lipinski definition) is 5. The Bertz CT molecular complexity index is 1540. The smallest absolute Gasteiger partial charge is 0.269 e. The van der Waals surface area contributed by atoms with Gasteiger partial charge in [-0.1, -0.05) is 29.8 Å². The van der Waals surface area contributed by atoms with Gasteiger partial charge in [-0.25, -0.2) is 4.39 Å². The summed E-state index contributed by atoms with van der Waals surface area (Å²) in [5, 5.41) is 12.5. The van der Waals surface area contributed by atoms with E-state index in [-0.39, 0.29) is 27.8 Å². The Hall–Kier alpha value is -4.48. The number of aryl methyl sites for hydroxylation is 1. The van der Waals surface area contributed by atoms with Crippen molar-refractivity contribution in [1.29, 1.82) is 5.26 Å². The Morgan fingerprint density at radius 1 is 1.18 bits per heavy atom. The summed E-state index contributed by atoms with van der Waals surface area (Å²) >= 11 is 6.08. The summed E-state index contributed by atoms with van der Waals surface area (Å²) in [5.41, 5.74) is 0.302. The van der Waals surface area contributed by atoms with Gasteiger partial charge in [0.1, 0.15) is 34.4 Å². The minimum atomic E-state index is -0.767. The molecule has 7 nitrogen and oxygen atoms in total. The van der Waals surface area contributed by atoms with Crippen molar-refractivity contribution in [1.82, 2.24) is 9.38 Å². The zero-order chi connectivity index (χ0) is 24.2. The van der Waals surface area contributed by atoms with Crippen LogP contribution in [-0.2, 0) is 4.79 Å². The fourth-order valence-electron chi connectivity index (χ4n) is 3.15. The van der Waals surface area contributed by atoms with E-state index >= 15 is 0 Å². The first-order chi connectivity index (χ1) is 16.4.